The van der Waals surface area contributed by atoms with Crippen LogP contribution in [0.1, 0.15) is 229 Å². The van der Waals surface area contributed by atoms with Crippen LogP contribution in [0.5, 0.6) is 0 Å². The third-order valence-electron chi connectivity index (χ3n) is 20.1. The van der Waals surface area contributed by atoms with Gasteiger partial charge >= 0.3 is 54.4 Å². The summed E-state index contributed by atoms with van der Waals surface area (Å²) in [6.45, 7) is 59.8. The summed E-state index contributed by atoms with van der Waals surface area (Å²) in [4.78, 5) is 0. The first kappa shape index (κ1) is 76.0. The van der Waals surface area contributed by atoms with Gasteiger partial charge in [-0.3, -0.25) is 0 Å². The minimum atomic E-state index is -0.523. The van der Waals surface area contributed by atoms with Crippen LogP contribution in [0.25, 0.3) is 22.3 Å². The number of fused-ring (bicyclic) bond motifs is 6. The van der Waals surface area contributed by atoms with E-state index in [4.69, 9.17) is 51.2 Å². The van der Waals surface area contributed by atoms with E-state index in [2.05, 4.69) is 202 Å². The Morgan fingerprint density at radius 1 is 0.391 bits per heavy atom. The average Bonchev–Trinajstić information content (AvgIpc) is 1.62. The molecule has 0 amide bonds. The molecule has 5 heterocycles. The second-order valence-electron chi connectivity index (χ2n) is 30.2. The molecule has 2 aliphatic carbocycles. The number of benzene rings is 4. The second-order valence-corrected chi connectivity index (χ2v) is 32.1. The van der Waals surface area contributed by atoms with Crippen molar-refractivity contribution in [1.29, 1.82) is 0 Å². The van der Waals surface area contributed by atoms with Crippen LogP contribution in [-0.2, 0) is 62.0 Å². The topological polar surface area (TPSA) is 102 Å². The van der Waals surface area contributed by atoms with Crippen LogP contribution in [0.3, 0.4) is 0 Å². The van der Waals surface area contributed by atoms with Crippen molar-refractivity contribution in [1.82, 2.24) is 0 Å². The first-order valence-electron chi connectivity index (χ1n) is 30.7. The molecule has 19 heteroatoms. The number of hydrogen-bond acceptors (Lipinski definition) is 11. The van der Waals surface area contributed by atoms with Crippen LogP contribution < -0.4 is 29.8 Å². The Bertz CT molecular complexity index is 2810. The molecular formula is C68H104B5Br2LiO11. The molecule has 0 radical (unpaired) electrons. The van der Waals surface area contributed by atoms with Crippen molar-refractivity contribution in [2.75, 3.05) is 0 Å². The van der Waals surface area contributed by atoms with Gasteiger partial charge in [-0.2, -0.15) is 6.42 Å². The van der Waals surface area contributed by atoms with Crippen LogP contribution in [0.15, 0.2) is 81.7 Å². The zero-order valence-electron chi connectivity index (χ0n) is 57.8. The summed E-state index contributed by atoms with van der Waals surface area (Å²) in [5, 5.41) is 0. The maximum absolute atomic E-state index is 6.33. The van der Waals surface area contributed by atoms with Gasteiger partial charge in [0.25, 0.3) is 0 Å². The van der Waals surface area contributed by atoms with E-state index in [1.807, 2.05) is 96.9 Å². The van der Waals surface area contributed by atoms with Crippen molar-refractivity contribution < 1.29 is 70.1 Å². The molecule has 0 atom stereocenters. The van der Waals surface area contributed by atoms with Crippen LogP contribution in [0.2, 0.25) is 0 Å². The Hall–Kier alpha value is -1.68. The van der Waals surface area contributed by atoms with Crippen LogP contribution in [0.4, 0.5) is 0 Å². The normalized spacial score (nSPS) is 23.4. The molecular weight excluding hydrogens is 1210 g/mol. The SMILES string of the molecule is C.CC(C)OB1OC(C)(C)C(C)(C)O1.CC1(C)OB(B2OC(C)(C)C(C)(C)O2)OC1(C)C.CC1(C)c2cc(B3OC(C)(C)C(C)(C)O3)ccc2-c2ccc(B3OC(C)(C)C(C)(C)O3)cc21.CC1(C)c2cc(Br)ccc2-c2ccc(Br)cc21.[CH2-]CCC.[Li+]. The van der Waals surface area contributed by atoms with Gasteiger partial charge in [-0.25, -0.2) is 0 Å². The largest absolute Gasteiger partial charge is 1.00 e. The van der Waals surface area contributed by atoms with Crippen molar-refractivity contribution >= 4 is 78.4 Å². The average molecular weight is 1320 g/mol. The molecule has 0 N–H and O–H groups in total. The van der Waals surface area contributed by atoms with Gasteiger partial charge in [-0.1, -0.05) is 129 Å². The molecule has 7 aliphatic rings. The monoisotopic (exact) mass is 1320 g/mol. The van der Waals surface area contributed by atoms with Gasteiger partial charge in [-0.05, 0) is 232 Å². The summed E-state index contributed by atoms with van der Waals surface area (Å²) in [7, 11) is -2.20. The van der Waals surface area contributed by atoms with Crippen LogP contribution in [-0.4, -0.2) is 97.7 Å². The quantitative estimate of drug-likeness (QED) is 0.136. The number of halogens is 2. The van der Waals surface area contributed by atoms with E-state index in [1.165, 1.54) is 50.9 Å². The fourth-order valence-corrected chi connectivity index (χ4v) is 11.5. The van der Waals surface area contributed by atoms with Gasteiger partial charge in [0, 0.05) is 25.9 Å². The number of hydrogen-bond donors (Lipinski definition) is 0. The Kier molecular flexibility index (Phi) is 22.9. The molecule has 87 heavy (non-hydrogen) atoms. The van der Waals surface area contributed by atoms with Gasteiger partial charge in [0.15, 0.2) is 0 Å². The molecule has 4 aromatic rings. The van der Waals surface area contributed by atoms with Gasteiger partial charge in [-0.15, -0.1) is 0 Å². The molecule has 5 saturated heterocycles. The zero-order chi connectivity index (χ0) is 64.1. The van der Waals surface area contributed by atoms with E-state index in [0.717, 1.165) is 26.3 Å². The van der Waals surface area contributed by atoms with E-state index < -0.39 is 21.3 Å². The van der Waals surface area contributed by atoms with E-state index in [1.54, 1.807) is 0 Å². The van der Waals surface area contributed by atoms with Crippen molar-refractivity contribution in [2.24, 2.45) is 0 Å². The summed E-state index contributed by atoms with van der Waals surface area (Å²) in [5.41, 5.74) is 9.30. The molecule has 11 nitrogen and oxygen atoms in total. The molecule has 5 fully saturated rings. The summed E-state index contributed by atoms with van der Waals surface area (Å²) < 4.78 is 68.1. The Morgan fingerprint density at radius 3 is 0.874 bits per heavy atom. The maximum atomic E-state index is 6.33. The van der Waals surface area contributed by atoms with Gasteiger partial charge < -0.3 is 58.1 Å². The second kappa shape index (κ2) is 26.3. The third-order valence-corrected chi connectivity index (χ3v) is 21.1. The van der Waals surface area contributed by atoms with Crippen LogP contribution in [0, 0.1) is 6.92 Å². The molecule has 472 valence electrons. The molecule has 4 aromatic carbocycles. The fraction of sp³-hybridized carbons (Fsp3) is 0.632. The van der Waals surface area contributed by atoms with Crippen LogP contribution >= 0.6 is 31.9 Å². The molecule has 5 aliphatic heterocycles. The Labute approximate surface area is 557 Å². The van der Waals surface area contributed by atoms with Crippen molar-refractivity contribution in [2.45, 2.75) is 280 Å². The first-order valence-corrected chi connectivity index (χ1v) is 32.3. The standard InChI is InChI=1S/C27H36B2O4.C15H12Br2.C12H24B2O4.C9H19BO3.C4H9.CH4.Li/c1-23(2)21-15-17(28-30-24(3,4)25(5,6)31-28)11-13-19(21)20-14-12-18(16-22(20)23)29-32-26(7,8)27(9,10)33-29;1-15(2)13-7-9(16)3-5-11(13)12-6-4-10(17)8-14(12)15;1-9(2)10(3,4)16-13(15-9)14-17-11(5,6)12(7,8)18-14;1-7(2)11-10-12-8(3,4)9(5,6)13-10;1-3-4-2;;/h11-16H,1-10H3;3-8H,1-2H3;1-8H3;7H,1-6H3;1,3-4H2,2H3;1H4;/q;;;;-1;;+1. The van der Waals surface area contributed by atoms with Gasteiger partial charge in [0.05, 0.1) is 56.0 Å². The molecule has 0 aromatic heterocycles. The van der Waals surface area contributed by atoms with Gasteiger partial charge in [0.2, 0.25) is 0 Å². The Morgan fingerprint density at radius 2 is 0.621 bits per heavy atom. The molecule has 0 saturated carbocycles. The molecule has 0 spiro atoms. The molecule has 11 rings (SSSR count). The summed E-state index contributed by atoms with van der Waals surface area (Å²) in [6.07, 6.45) is 2.40. The van der Waals surface area contributed by atoms with Crippen molar-refractivity contribution in [3.63, 3.8) is 0 Å². The Balaban J connectivity index is 0.000000219. The summed E-state index contributed by atoms with van der Waals surface area (Å²) >= 11 is 7.13. The minimum Gasteiger partial charge on any atom is -0.405 e. The summed E-state index contributed by atoms with van der Waals surface area (Å²) in [6, 6.07) is 26.4. The van der Waals surface area contributed by atoms with E-state index in [9.17, 15) is 0 Å². The minimum absolute atomic E-state index is 0. The fourth-order valence-electron chi connectivity index (χ4n) is 10.8. The predicted octanol–water partition coefficient (Wildman–Crippen LogP) is 13.6. The molecule has 0 unspecified atom stereocenters. The molecule has 0 bridgehead atoms. The zero-order valence-corrected chi connectivity index (χ0v) is 60.9. The summed E-state index contributed by atoms with van der Waals surface area (Å²) in [5.74, 6) is 0. The van der Waals surface area contributed by atoms with E-state index in [0.29, 0.717) is 0 Å². The van der Waals surface area contributed by atoms with E-state index in [-0.39, 0.29) is 113 Å². The smallest absolute Gasteiger partial charge is 0.405 e. The van der Waals surface area contributed by atoms with E-state index >= 15 is 0 Å². The van der Waals surface area contributed by atoms with Crippen molar-refractivity contribution in [3.05, 3.63) is 111 Å². The predicted molar refractivity (Wildman–Crippen MR) is 366 cm³/mol. The third kappa shape index (κ3) is 15.1. The number of unbranched alkanes of at least 4 members (excludes halogenated alkanes) is 1. The van der Waals surface area contributed by atoms with Gasteiger partial charge in [0.1, 0.15) is 0 Å². The van der Waals surface area contributed by atoms with Crippen molar-refractivity contribution in [3.8, 4) is 22.3 Å². The first-order chi connectivity index (χ1) is 38.6. The number of rotatable bonds is 6. The maximum Gasteiger partial charge on any atom is 1.00 e.